The van der Waals surface area contributed by atoms with Gasteiger partial charge in [0.05, 0.1) is 23.9 Å². The van der Waals surface area contributed by atoms with E-state index in [0.717, 1.165) is 12.1 Å². The van der Waals surface area contributed by atoms with E-state index in [1.807, 2.05) is 6.07 Å². The van der Waals surface area contributed by atoms with Crippen molar-refractivity contribution < 1.29 is 8.78 Å². The Labute approximate surface area is 93.1 Å². The lowest BCUT2D eigenvalue weighted by Gasteiger charge is -2.26. The molecule has 1 aromatic carbocycles. The molecule has 16 heavy (non-hydrogen) atoms. The van der Waals surface area contributed by atoms with Crippen molar-refractivity contribution in [3.8, 4) is 6.07 Å². The summed E-state index contributed by atoms with van der Waals surface area (Å²) in [6.07, 6.45) is 0.258. The van der Waals surface area contributed by atoms with Crippen LogP contribution in [0, 0.1) is 23.0 Å². The van der Waals surface area contributed by atoms with Crippen LogP contribution in [0.15, 0.2) is 12.1 Å². The molecule has 0 aromatic heterocycles. The van der Waals surface area contributed by atoms with Crippen molar-refractivity contribution in [1.82, 2.24) is 0 Å². The van der Waals surface area contributed by atoms with Gasteiger partial charge >= 0.3 is 0 Å². The van der Waals surface area contributed by atoms with Crippen molar-refractivity contribution in [2.75, 3.05) is 17.7 Å². The molecule has 1 unspecified atom stereocenters. The minimum absolute atomic E-state index is 0.103. The first-order chi connectivity index (χ1) is 7.47. The first-order valence-corrected chi connectivity index (χ1v) is 4.81. The van der Waals surface area contributed by atoms with Crippen LogP contribution in [0.2, 0.25) is 0 Å². The monoisotopic (exact) mass is 225 g/mol. The van der Waals surface area contributed by atoms with E-state index in [2.05, 4.69) is 0 Å². The zero-order chi connectivity index (χ0) is 12.3. The highest BCUT2D eigenvalue weighted by atomic mass is 19.1. The van der Waals surface area contributed by atoms with Crippen LogP contribution in [0.5, 0.6) is 0 Å². The summed E-state index contributed by atoms with van der Waals surface area (Å²) < 4.78 is 26.2. The van der Waals surface area contributed by atoms with Gasteiger partial charge < -0.3 is 10.6 Å². The Bertz CT molecular complexity index is 426. The van der Waals surface area contributed by atoms with E-state index in [4.69, 9.17) is 11.0 Å². The largest absolute Gasteiger partial charge is 0.395 e. The van der Waals surface area contributed by atoms with Gasteiger partial charge in [-0.3, -0.25) is 0 Å². The fraction of sp³-hybridized carbons (Fsp3) is 0.364. The summed E-state index contributed by atoms with van der Waals surface area (Å²) >= 11 is 0. The van der Waals surface area contributed by atoms with Crippen LogP contribution in [0.25, 0.3) is 0 Å². The van der Waals surface area contributed by atoms with Crippen LogP contribution in [-0.2, 0) is 0 Å². The molecule has 5 heteroatoms. The molecule has 0 bridgehead atoms. The number of benzene rings is 1. The molecule has 0 saturated carbocycles. The third kappa shape index (κ3) is 2.40. The molecule has 1 aromatic rings. The SMILES string of the molecule is CC(CC#N)N(C)c1cc(F)cc(F)c1N. The smallest absolute Gasteiger partial charge is 0.151 e. The Morgan fingerprint density at radius 3 is 2.69 bits per heavy atom. The molecule has 1 rings (SSSR count). The predicted octanol–water partition coefficient (Wildman–Crippen LogP) is 2.29. The number of anilines is 2. The molecule has 0 aliphatic heterocycles. The molecule has 0 aliphatic rings. The van der Waals surface area contributed by atoms with Crippen LogP contribution < -0.4 is 10.6 Å². The van der Waals surface area contributed by atoms with E-state index >= 15 is 0 Å². The van der Waals surface area contributed by atoms with Gasteiger partial charge in [-0.1, -0.05) is 0 Å². The summed E-state index contributed by atoms with van der Waals surface area (Å²) in [6, 6.07) is 3.73. The van der Waals surface area contributed by atoms with Gasteiger partial charge in [0.15, 0.2) is 5.82 Å². The minimum Gasteiger partial charge on any atom is -0.395 e. The number of rotatable bonds is 3. The number of nitrogen functional groups attached to an aromatic ring is 1. The molecule has 3 nitrogen and oxygen atoms in total. The molecule has 0 radical (unpaired) electrons. The Morgan fingerprint density at radius 2 is 2.12 bits per heavy atom. The van der Waals surface area contributed by atoms with Gasteiger partial charge in [0.25, 0.3) is 0 Å². The zero-order valence-corrected chi connectivity index (χ0v) is 9.17. The van der Waals surface area contributed by atoms with Gasteiger partial charge in [-0.15, -0.1) is 0 Å². The first kappa shape index (κ1) is 12.2. The fourth-order valence-corrected chi connectivity index (χ4v) is 1.37. The maximum absolute atomic E-state index is 13.2. The van der Waals surface area contributed by atoms with Crippen molar-refractivity contribution in [3.05, 3.63) is 23.8 Å². The summed E-state index contributed by atoms with van der Waals surface area (Å²) in [4.78, 5) is 1.59. The molecular formula is C11H13F2N3. The van der Waals surface area contributed by atoms with Crippen LogP contribution in [0.1, 0.15) is 13.3 Å². The molecule has 0 heterocycles. The fourth-order valence-electron chi connectivity index (χ4n) is 1.37. The van der Waals surface area contributed by atoms with E-state index < -0.39 is 11.6 Å². The van der Waals surface area contributed by atoms with E-state index in [9.17, 15) is 8.78 Å². The number of nitrogens with zero attached hydrogens (tertiary/aromatic N) is 2. The van der Waals surface area contributed by atoms with E-state index in [-0.39, 0.29) is 23.8 Å². The lowest BCUT2D eigenvalue weighted by atomic mass is 10.1. The second kappa shape index (κ2) is 4.79. The van der Waals surface area contributed by atoms with Gasteiger partial charge in [0.1, 0.15) is 5.82 Å². The predicted molar refractivity (Wildman–Crippen MR) is 58.9 cm³/mol. The molecule has 86 valence electrons. The molecule has 2 N–H and O–H groups in total. The zero-order valence-electron chi connectivity index (χ0n) is 9.17. The van der Waals surface area contributed by atoms with Gasteiger partial charge in [-0.2, -0.15) is 5.26 Å². The Balaban J connectivity index is 3.08. The topological polar surface area (TPSA) is 53.0 Å². The highest BCUT2D eigenvalue weighted by molar-refractivity contribution is 5.68. The van der Waals surface area contributed by atoms with E-state index in [1.165, 1.54) is 0 Å². The number of nitriles is 1. The first-order valence-electron chi connectivity index (χ1n) is 4.81. The van der Waals surface area contributed by atoms with Crippen molar-refractivity contribution in [2.45, 2.75) is 19.4 Å². The number of nitrogens with two attached hydrogens (primary N) is 1. The van der Waals surface area contributed by atoms with Crippen molar-refractivity contribution in [1.29, 1.82) is 5.26 Å². The lowest BCUT2D eigenvalue weighted by Crippen LogP contribution is -2.29. The van der Waals surface area contributed by atoms with Crippen LogP contribution in [0.3, 0.4) is 0 Å². The second-order valence-electron chi connectivity index (χ2n) is 3.64. The Morgan fingerprint density at radius 1 is 1.50 bits per heavy atom. The molecule has 0 fully saturated rings. The van der Waals surface area contributed by atoms with Gasteiger partial charge in [0.2, 0.25) is 0 Å². The van der Waals surface area contributed by atoms with Crippen molar-refractivity contribution in [3.63, 3.8) is 0 Å². The molecular weight excluding hydrogens is 212 g/mol. The third-order valence-corrected chi connectivity index (χ3v) is 2.50. The van der Waals surface area contributed by atoms with Crippen LogP contribution in [0.4, 0.5) is 20.2 Å². The molecule has 0 saturated heterocycles. The Hall–Kier alpha value is -1.83. The lowest BCUT2D eigenvalue weighted by molar-refractivity contribution is 0.583. The number of halogens is 2. The summed E-state index contributed by atoms with van der Waals surface area (Å²) in [6.45, 7) is 1.78. The average molecular weight is 225 g/mol. The van der Waals surface area contributed by atoms with Crippen molar-refractivity contribution in [2.24, 2.45) is 0 Å². The van der Waals surface area contributed by atoms with Crippen LogP contribution >= 0.6 is 0 Å². The van der Waals surface area contributed by atoms with Gasteiger partial charge in [-0.25, -0.2) is 8.78 Å². The molecule has 1 atom stereocenters. The van der Waals surface area contributed by atoms with Gasteiger partial charge in [0, 0.05) is 19.2 Å². The molecule has 0 spiro atoms. The van der Waals surface area contributed by atoms with E-state index in [0.29, 0.717) is 0 Å². The molecule has 0 amide bonds. The number of hydrogen-bond donors (Lipinski definition) is 1. The second-order valence-corrected chi connectivity index (χ2v) is 3.64. The number of hydrogen-bond acceptors (Lipinski definition) is 3. The normalized spacial score (nSPS) is 11.9. The maximum atomic E-state index is 13.2. The maximum Gasteiger partial charge on any atom is 0.151 e. The summed E-state index contributed by atoms with van der Waals surface area (Å²) in [5.74, 6) is -1.47. The Kier molecular flexibility index (Phi) is 3.67. The van der Waals surface area contributed by atoms with Crippen LogP contribution in [-0.4, -0.2) is 13.1 Å². The standard InChI is InChI=1S/C11H13F2N3/c1-7(3-4-14)16(2)10-6-8(12)5-9(13)11(10)15/h5-7H,3,15H2,1-2H3. The summed E-state index contributed by atoms with van der Waals surface area (Å²) in [5, 5.41) is 8.55. The average Bonchev–Trinajstić information content (AvgIpc) is 2.22. The third-order valence-electron chi connectivity index (χ3n) is 2.50. The summed E-state index contributed by atoms with van der Waals surface area (Å²) in [5.41, 5.74) is 5.68. The van der Waals surface area contributed by atoms with Crippen molar-refractivity contribution >= 4 is 11.4 Å². The summed E-state index contributed by atoms with van der Waals surface area (Å²) in [7, 11) is 1.65. The van der Waals surface area contributed by atoms with Gasteiger partial charge in [-0.05, 0) is 13.0 Å². The van der Waals surface area contributed by atoms with E-state index in [1.54, 1.807) is 18.9 Å². The highest BCUT2D eigenvalue weighted by Gasteiger charge is 2.16. The minimum atomic E-state index is -0.786. The quantitative estimate of drug-likeness (QED) is 0.803. The molecule has 0 aliphatic carbocycles. The highest BCUT2D eigenvalue weighted by Crippen LogP contribution is 2.28.